The number of carbonyl (C=O) groups excluding carboxylic acids is 1. The van der Waals surface area contributed by atoms with Crippen LogP contribution in [-0.2, 0) is 32.5 Å². The Kier molecular flexibility index (Phi) is 9.87. The molecular weight excluding hydrogens is 498 g/mol. The molecule has 8 nitrogen and oxygen atoms in total. The van der Waals surface area contributed by atoms with E-state index in [2.05, 4.69) is 32.0 Å². The Morgan fingerprint density at radius 3 is 2.17 bits per heavy atom. The zero-order valence-electron chi connectivity index (χ0n) is 21.8. The number of rotatable bonds is 10. The van der Waals surface area contributed by atoms with E-state index < -0.39 is 15.4 Å². The maximum atomic E-state index is 12.4. The first-order valence-corrected chi connectivity index (χ1v) is 13.9. The highest BCUT2D eigenvalue weighted by Gasteiger charge is 2.25. The van der Waals surface area contributed by atoms with Gasteiger partial charge in [-0.25, -0.2) is 8.42 Å². The fraction of sp³-hybridized carbons (Fsp3) is 0.462. The number of hydrogen-bond acceptors (Lipinski definition) is 6. The maximum absolute atomic E-state index is 12.4. The van der Waals surface area contributed by atoms with E-state index in [9.17, 15) is 18.4 Å². The van der Waals surface area contributed by atoms with Gasteiger partial charge in [-0.05, 0) is 87.6 Å². The SMILES string of the molecule is Cc1ccc(CC(COC(=O)C(C)(C)C)CN(Cc2ccc(N(O)S(C)(=O)=O)cc2)C(N)=S)cc1C. The van der Waals surface area contributed by atoms with Gasteiger partial charge in [-0.1, -0.05) is 30.3 Å². The van der Waals surface area contributed by atoms with E-state index >= 15 is 0 Å². The van der Waals surface area contributed by atoms with Crippen LogP contribution in [0.25, 0.3) is 0 Å². The average Bonchev–Trinajstić information content (AvgIpc) is 2.77. The van der Waals surface area contributed by atoms with Crippen LogP contribution in [0.3, 0.4) is 0 Å². The summed E-state index contributed by atoms with van der Waals surface area (Å²) in [5.74, 6) is -0.346. The summed E-state index contributed by atoms with van der Waals surface area (Å²) in [7, 11) is -3.78. The number of nitrogens with two attached hydrogens (primary N) is 1. The number of aryl methyl sites for hydroxylation is 2. The first kappa shape index (κ1) is 29.5. The molecule has 0 aromatic heterocycles. The predicted molar refractivity (Wildman–Crippen MR) is 146 cm³/mol. The highest BCUT2D eigenvalue weighted by molar-refractivity contribution is 7.91. The first-order valence-electron chi connectivity index (χ1n) is 11.6. The van der Waals surface area contributed by atoms with Gasteiger partial charge in [0.15, 0.2) is 5.11 Å². The van der Waals surface area contributed by atoms with Gasteiger partial charge in [0.05, 0.1) is 24.0 Å². The van der Waals surface area contributed by atoms with Crippen molar-refractivity contribution < 1.29 is 23.2 Å². The lowest BCUT2D eigenvalue weighted by Crippen LogP contribution is -2.40. The van der Waals surface area contributed by atoms with Gasteiger partial charge < -0.3 is 15.4 Å². The minimum Gasteiger partial charge on any atom is -0.465 e. The van der Waals surface area contributed by atoms with E-state index in [4.69, 9.17) is 22.7 Å². The van der Waals surface area contributed by atoms with Gasteiger partial charge in [0.25, 0.3) is 10.0 Å². The second-order valence-corrected chi connectivity index (χ2v) is 12.5. The Hall–Kier alpha value is -2.69. The summed E-state index contributed by atoms with van der Waals surface area (Å²) in [6.07, 6.45) is 1.59. The van der Waals surface area contributed by atoms with E-state index in [1.165, 1.54) is 23.3 Å². The molecule has 0 spiro atoms. The van der Waals surface area contributed by atoms with Crippen LogP contribution < -0.4 is 10.2 Å². The fourth-order valence-corrected chi connectivity index (χ4v) is 4.18. The molecule has 1 unspecified atom stereocenters. The van der Waals surface area contributed by atoms with Crippen molar-refractivity contribution in [3.63, 3.8) is 0 Å². The molecule has 3 N–H and O–H groups in total. The van der Waals surface area contributed by atoms with Gasteiger partial charge in [0.2, 0.25) is 0 Å². The number of esters is 1. The van der Waals surface area contributed by atoms with E-state index in [1.807, 2.05) is 25.7 Å². The second-order valence-electron chi connectivity index (χ2n) is 10.2. The highest BCUT2D eigenvalue weighted by Crippen LogP contribution is 2.21. The van der Waals surface area contributed by atoms with Gasteiger partial charge in [-0.2, -0.15) is 0 Å². The summed E-state index contributed by atoms with van der Waals surface area (Å²) in [6, 6.07) is 12.7. The van der Waals surface area contributed by atoms with E-state index in [-0.39, 0.29) is 33.8 Å². The molecule has 0 saturated heterocycles. The van der Waals surface area contributed by atoms with Gasteiger partial charge in [0.1, 0.15) is 0 Å². The van der Waals surface area contributed by atoms with Crippen molar-refractivity contribution in [1.82, 2.24) is 4.90 Å². The lowest BCUT2D eigenvalue weighted by molar-refractivity contribution is -0.154. The lowest BCUT2D eigenvalue weighted by Gasteiger charge is -2.29. The zero-order chi connectivity index (χ0) is 27.3. The fourth-order valence-electron chi connectivity index (χ4n) is 3.53. The minimum atomic E-state index is -3.78. The first-order chi connectivity index (χ1) is 16.6. The normalized spacial score (nSPS) is 12.6. The smallest absolute Gasteiger partial charge is 0.311 e. The van der Waals surface area contributed by atoms with E-state index in [0.29, 0.717) is 19.5 Å². The minimum absolute atomic E-state index is 0.0719. The van der Waals surface area contributed by atoms with Crippen molar-refractivity contribution >= 4 is 39.0 Å². The summed E-state index contributed by atoms with van der Waals surface area (Å²) >= 11 is 5.32. The largest absolute Gasteiger partial charge is 0.465 e. The summed E-state index contributed by atoms with van der Waals surface area (Å²) in [4.78, 5) is 14.3. The number of nitrogens with zero attached hydrogens (tertiary/aromatic N) is 2. The van der Waals surface area contributed by atoms with Crippen LogP contribution in [0.2, 0.25) is 0 Å². The van der Waals surface area contributed by atoms with Gasteiger partial charge >= 0.3 is 5.97 Å². The van der Waals surface area contributed by atoms with Crippen LogP contribution in [0.15, 0.2) is 42.5 Å². The third-order valence-corrected chi connectivity index (χ3v) is 6.89. The standard InChI is InChI=1S/C26H37N3O5S2/c1-18-7-8-21(13-19(18)2)14-22(17-34-24(30)26(3,4)5)16-28(25(27)35)15-20-9-11-23(12-10-20)29(31)36(6,32)33/h7-13,22,31H,14-17H2,1-6H3,(H2,27,35). The molecule has 0 fully saturated rings. The van der Waals surface area contributed by atoms with Gasteiger partial charge in [-0.3, -0.25) is 10.0 Å². The number of ether oxygens (including phenoxy) is 1. The maximum Gasteiger partial charge on any atom is 0.311 e. The number of sulfonamides is 1. The number of carbonyl (C=O) groups is 1. The molecule has 0 aliphatic carbocycles. The number of anilines is 1. The number of benzene rings is 2. The van der Waals surface area contributed by atoms with Crippen molar-refractivity contribution in [2.75, 3.05) is 23.9 Å². The Morgan fingerprint density at radius 1 is 1.08 bits per heavy atom. The van der Waals surface area contributed by atoms with Crippen LogP contribution in [0.5, 0.6) is 0 Å². The Balaban J connectivity index is 2.22. The quantitative estimate of drug-likeness (QED) is 0.267. The molecule has 0 saturated carbocycles. The summed E-state index contributed by atoms with van der Waals surface area (Å²) < 4.78 is 29.0. The molecule has 198 valence electrons. The van der Waals surface area contributed by atoms with Crippen LogP contribution in [0, 0.1) is 25.2 Å². The predicted octanol–water partition coefficient (Wildman–Crippen LogP) is 3.95. The van der Waals surface area contributed by atoms with Crippen LogP contribution in [-0.4, -0.2) is 49.0 Å². The highest BCUT2D eigenvalue weighted by atomic mass is 32.2. The molecule has 2 aromatic rings. The van der Waals surface area contributed by atoms with Crippen LogP contribution in [0.1, 0.15) is 43.0 Å². The molecule has 0 amide bonds. The van der Waals surface area contributed by atoms with Crippen molar-refractivity contribution in [3.05, 3.63) is 64.7 Å². The second kappa shape index (κ2) is 12.0. The van der Waals surface area contributed by atoms with Gasteiger partial charge in [-0.15, -0.1) is 4.47 Å². The molecule has 0 radical (unpaired) electrons. The molecule has 36 heavy (non-hydrogen) atoms. The third kappa shape index (κ3) is 8.76. The van der Waals surface area contributed by atoms with Crippen LogP contribution in [0.4, 0.5) is 5.69 Å². The van der Waals surface area contributed by atoms with Crippen molar-refractivity contribution in [1.29, 1.82) is 0 Å². The lowest BCUT2D eigenvalue weighted by atomic mass is 9.95. The topological polar surface area (TPSA) is 113 Å². The van der Waals surface area contributed by atoms with Gasteiger partial charge in [0, 0.05) is 19.0 Å². The van der Waals surface area contributed by atoms with E-state index in [0.717, 1.165) is 17.4 Å². The Labute approximate surface area is 220 Å². The van der Waals surface area contributed by atoms with Crippen molar-refractivity contribution in [2.24, 2.45) is 17.1 Å². The Bertz CT molecular complexity index is 1180. The molecule has 0 heterocycles. The number of hydrogen-bond donors (Lipinski definition) is 2. The molecule has 0 aliphatic heterocycles. The third-order valence-electron chi connectivity index (χ3n) is 5.79. The molecule has 10 heteroatoms. The molecule has 2 aromatic carbocycles. The monoisotopic (exact) mass is 535 g/mol. The molecule has 2 rings (SSSR count). The van der Waals surface area contributed by atoms with Crippen LogP contribution >= 0.6 is 12.2 Å². The Morgan fingerprint density at radius 2 is 1.67 bits per heavy atom. The summed E-state index contributed by atoms with van der Waals surface area (Å²) in [5, 5.41) is 10.0. The van der Waals surface area contributed by atoms with E-state index in [1.54, 1.807) is 12.1 Å². The molecule has 0 bridgehead atoms. The summed E-state index contributed by atoms with van der Waals surface area (Å²) in [6.45, 7) is 10.6. The average molecular weight is 536 g/mol. The molecule has 1 atom stereocenters. The van der Waals surface area contributed by atoms with Crippen molar-refractivity contribution in [3.8, 4) is 0 Å². The molecule has 0 aliphatic rings. The van der Waals surface area contributed by atoms with Crippen molar-refractivity contribution in [2.45, 2.75) is 47.6 Å². The zero-order valence-corrected chi connectivity index (χ0v) is 23.4. The molecular formula is C26H37N3O5S2. The summed E-state index contributed by atoms with van der Waals surface area (Å²) in [5.41, 5.74) is 9.93. The number of thiocarbonyl (C=S) groups is 1.